The number of amides is 2. The molecule has 0 saturated carbocycles. The molecule has 170 valence electrons. The van der Waals surface area contributed by atoms with Crippen LogP contribution in [-0.2, 0) is 5.41 Å². The van der Waals surface area contributed by atoms with Crippen LogP contribution in [0.2, 0.25) is 10.0 Å². The highest BCUT2D eigenvalue weighted by Gasteiger charge is 2.14. The lowest BCUT2D eigenvalue weighted by atomic mass is 9.87. The van der Waals surface area contributed by atoms with E-state index in [4.69, 9.17) is 23.2 Å². The van der Waals surface area contributed by atoms with Gasteiger partial charge in [-0.2, -0.15) is 5.10 Å². The molecule has 0 bridgehead atoms. The molecule has 33 heavy (non-hydrogen) atoms. The van der Waals surface area contributed by atoms with Crippen molar-refractivity contribution in [3.63, 3.8) is 0 Å². The quantitative estimate of drug-likeness (QED) is 0.314. The molecule has 3 aromatic carbocycles. The van der Waals surface area contributed by atoms with E-state index in [2.05, 4.69) is 36.6 Å². The number of benzene rings is 3. The van der Waals surface area contributed by atoms with E-state index in [0.717, 1.165) is 11.1 Å². The lowest BCUT2D eigenvalue weighted by molar-refractivity contribution is 0.0954. The Hall–Kier alpha value is -3.15. The van der Waals surface area contributed by atoms with E-state index in [0.29, 0.717) is 27.5 Å². The van der Waals surface area contributed by atoms with Crippen molar-refractivity contribution in [3.8, 4) is 0 Å². The fourth-order valence-electron chi connectivity index (χ4n) is 3.08. The van der Waals surface area contributed by atoms with Gasteiger partial charge in [-0.3, -0.25) is 9.59 Å². The first-order valence-corrected chi connectivity index (χ1v) is 11.1. The van der Waals surface area contributed by atoms with Gasteiger partial charge in [0.15, 0.2) is 0 Å². The third-order valence-corrected chi connectivity index (χ3v) is 5.60. The average Bonchev–Trinajstić information content (AvgIpc) is 2.76. The van der Waals surface area contributed by atoms with E-state index >= 15 is 0 Å². The van der Waals surface area contributed by atoms with Crippen molar-refractivity contribution in [1.29, 1.82) is 0 Å². The number of nitrogens with one attached hydrogen (secondary N) is 2. The van der Waals surface area contributed by atoms with Gasteiger partial charge in [-0.15, -0.1) is 0 Å². The molecule has 0 atom stereocenters. The highest BCUT2D eigenvalue weighted by atomic mass is 35.5. The summed E-state index contributed by atoms with van der Waals surface area (Å²) in [6.45, 7) is 8.14. The lowest BCUT2D eigenvalue weighted by Crippen LogP contribution is -2.20. The van der Waals surface area contributed by atoms with Gasteiger partial charge in [0.25, 0.3) is 11.8 Å². The Bertz CT molecular complexity index is 1210. The molecule has 0 heterocycles. The van der Waals surface area contributed by atoms with Crippen molar-refractivity contribution in [2.75, 3.05) is 5.32 Å². The van der Waals surface area contributed by atoms with E-state index in [1.54, 1.807) is 49.4 Å². The number of hydrogen-bond donors (Lipinski definition) is 2. The monoisotopic (exact) mass is 481 g/mol. The van der Waals surface area contributed by atoms with Crippen molar-refractivity contribution in [2.45, 2.75) is 33.1 Å². The predicted octanol–water partition coefficient (Wildman–Crippen LogP) is 6.70. The van der Waals surface area contributed by atoms with Crippen LogP contribution in [-0.4, -0.2) is 17.5 Å². The van der Waals surface area contributed by atoms with Crippen molar-refractivity contribution in [3.05, 3.63) is 99.0 Å². The minimum Gasteiger partial charge on any atom is -0.322 e. The highest BCUT2D eigenvalue weighted by Crippen LogP contribution is 2.23. The number of hydrazone groups is 1. The summed E-state index contributed by atoms with van der Waals surface area (Å²) in [4.78, 5) is 25.0. The summed E-state index contributed by atoms with van der Waals surface area (Å²) in [5.74, 6) is -0.646. The number of carbonyl (C=O) groups is 2. The Labute approximate surface area is 203 Å². The maximum absolute atomic E-state index is 12.6. The van der Waals surface area contributed by atoms with Crippen molar-refractivity contribution in [2.24, 2.45) is 5.10 Å². The summed E-state index contributed by atoms with van der Waals surface area (Å²) in [5, 5.41) is 7.75. The second kappa shape index (κ2) is 10.2. The molecule has 0 fully saturated rings. The fourth-order valence-corrected chi connectivity index (χ4v) is 3.57. The van der Waals surface area contributed by atoms with Gasteiger partial charge in [-0.1, -0.05) is 68.2 Å². The first-order valence-electron chi connectivity index (χ1n) is 10.4. The third kappa shape index (κ3) is 6.44. The van der Waals surface area contributed by atoms with Gasteiger partial charge in [0.05, 0.1) is 16.3 Å². The zero-order valence-corrected chi connectivity index (χ0v) is 20.4. The summed E-state index contributed by atoms with van der Waals surface area (Å²) in [6, 6.07) is 19.3. The van der Waals surface area contributed by atoms with Crippen LogP contribution in [0.25, 0.3) is 0 Å². The minimum atomic E-state index is -0.351. The van der Waals surface area contributed by atoms with Crippen LogP contribution in [0.4, 0.5) is 5.69 Å². The number of nitrogens with zero attached hydrogens (tertiary/aromatic N) is 1. The molecule has 3 aromatic rings. The molecule has 5 nitrogen and oxygen atoms in total. The Morgan fingerprint density at radius 3 is 2.18 bits per heavy atom. The van der Waals surface area contributed by atoms with E-state index in [1.807, 2.05) is 18.2 Å². The smallest absolute Gasteiger partial charge is 0.271 e. The maximum Gasteiger partial charge on any atom is 0.271 e. The van der Waals surface area contributed by atoms with E-state index in [-0.39, 0.29) is 22.3 Å². The first kappa shape index (κ1) is 24.5. The standard InChI is InChI=1S/C26H25Cl2N3O2/c1-16(30-31-24(32)17-8-10-19(11-9-17)26(2,3)4)18-6-5-7-21(14-18)29-25(33)22-13-12-20(27)15-23(22)28/h5-15H,1-4H3,(H,29,33)(H,31,32). The topological polar surface area (TPSA) is 70.6 Å². The molecule has 0 aromatic heterocycles. The van der Waals surface area contributed by atoms with Crippen molar-refractivity contribution >= 4 is 46.4 Å². The lowest BCUT2D eigenvalue weighted by Gasteiger charge is -2.18. The SMILES string of the molecule is CC(=NNC(=O)c1ccc(C(C)(C)C)cc1)c1cccc(NC(=O)c2ccc(Cl)cc2Cl)c1. The molecule has 0 radical (unpaired) electrons. The summed E-state index contributed by atoms with van der Waals surface area (Å²) in [7, 11) is 0. The van der Waals surface area contributed by atoms with Gasteiger partial charge in [0, 0.05) is 16.3 Å². The summed E-state index contributed by atoms with van der Waals surface area (Å²) < 4.78 is 0. The van der Waals surface area contributed by atoms with E-state index < -0.39 is 0 Å². The molecule has 0 aliphatic carbocycles. The molecule has 7 heteroatoms. The van der Waals surface area contributed by atoms with Crippen LogP contribution < -0.4 is 10.7 Å². The maximum atomic E-state index is 12.6. The average molecular weight is 482 g/mol. The second-order valence-corrected chi connectivity index (χ2v) is 9.47. The largest absolute Gasteiger partial charge is 0.322 e. The molecule has 0 spiro atoms. The van der Waals surface area contributed by atoms with Crippen molar-refractivity contribution < 1.29 is 9.59 Å². The van der Waals surface area contributed by atoms with Crippen LogP contribution >= 0.6 is 23.2 Å². The number of rotatable bonds is 5. The molecule has 2 amide bonds. The first-order chi connectivity index (χ1) is 15.5. The highest BCUT2D eigenvalue weighted by molar-refractivity contribution is 6.37. The van der Waals surface area contributed by atoms with Gasteiger partial charge < -0.3 is 5.32 Å². The number of hydrogen-bond acceptors (Lipinski definition) is 3. The van der Waals surface area contributed by atoms with E-state index in [9.17, 15) is 9.59 Å². The minimum absolute atomic E-state index is 0.0169. The van der Waals surface area contributed by atoms with Crippen LogP contribution in [0.1, 0.15) is 59.5 Å². The van der Waals surface area contributed by atoms with Gasteiger partial charge in [0.1, 0.15) is 0 Å². The van der Waals surface area contributed by atoms with Gasteiger partial charge >= 0.3 is 0 Å². The van der Waals surface area contributed by atoms with Crippen LogP contribution in [0.15, 0.2) is 71.8 Å². The molecular formula is C26H25Cl2N3O2. The molecule has 0 aliphatic heterocycles. The zero-order chi connectivity index (χ0) is 24.2. The summed E-state index contributed by atoms with van der Waals surface area (Å²) in [6.07, 6.45) is 0. The van der Waals surface area contributed by atoms with Crippen LogP contribution in [0.3, 0.4) is 0 Å². The second-order valence-electron chi connectivity index (χ2n) is 8.62. The van der Waals surface area contributed by atoms with E-state index in [1.165, 1.54) is 6.07 Å². The molecular weight excluding hydrogens is 457 g/mol. The summed E-state index contributed by atoms with van der Waals surface area (Å²) in [5.41, 5.74) is 6.52. The molecule has 3 rings (SSSR count). The summed E-state index contributed by atoms with van der Waals surface area (Å²) >= 11 is 12.0. The molecule has 2 N–H and O–H groups in total. The van der Waals surface area contributed by atoms with Crippen molar-refractivity contribution in [1.82, 2.24) is 5.43 Å². The Morgan fingerprint density at radius 1 is 0.848 bits per heavy atom. The molecule has 0 saturated heterocycles. The third-order valence-electron chi connectivity index (χ3n) is 5.05. The number of anilines is 1. The molecule has 0 unspecified atom stereocenters. The number of carbonyl (C=O) groups excluding carboxylic acids is 2. The Morgan fingerprint density at radius 2 is 1.55 bits per heavy atom. The van der Waals surface area contributed by atoms with Gasteiger partial charge in [0.2, 0.25) is 0 Å². The Balaban J connectivity index is 1.69. The normalized spacial score (nSPS) is 11.8. The predicted molar refractivity (Wildman–Crippen MR) is 136 cm³/mol. The van der Waals surface area contributed by atoms with Gasteiger partial charge in [-0.25, -0.2) is 5.43 Å². The van der Waals surface area contributed by atoms with Gasteiger partial charge in [-0.05, 0) is 65.9 Å². The fraction of sp³-hybridized carbons (Fsp3) is 0.192. The number of halogens is 2. The Kier molecular flexibility index (Phi) is 7.57. The zero-order valence-electron chi connectivity index (χ0n) is 18.9. The molecule has 0 aliphatic rings. The van der Waals surface area contributed by atoms with Crippen LogP contribution in [0.5, 0.6) is 0 Å². The van der Waals surface area contributed by atoms with Crippen LogP contribution in [0, 0.1) is 0 Å².